The number of hydrogen-bond donors (Lipinski definition) is 0. The monoisotopic (exact) mass is 354 g/mol. The zero-order chi connectivity index (χ0) is 8.56. The molecule has 0 N–H and O–H groups in total. The summed E-state index contributed by atoms with van der Waals surface area (Å²) in [6, 6.07) is 8.12. The number of rotatable bonds is 1. The van der Waals surface area contributed by atoms with Crippen molar-refractivity contribution in [1.82, 2.24) is 0 Å². The molecule has 0 amide bonds. The van der Waals surface area contributed by atoms with Crippen molar-refractivity contribution >= 4 is 23.3 Å². The van der Waals surface area contributed by atoms with E-state index in [0.717, 1.165) is 9.26 Å². The van der Waals surface area contributed by atoms with Gasteiger partial charge in [0.2, 0.25) is 0 Å². The first kappa shape index (κ1) is 9.05. The molecule has 1 aromatic rings. The van der Waals surface area contributed by atoms with E-state index in [0.29, 0.717) is 0 Å². The Balaban J connectivity index is 3.14. The third-order valence-corrected chi connectivity index (χ3v) is 8.16. The van der Waals surface area contributed by atoms with Crippen LogP contribution in [0.15, 0.2) is 30.3 Å². The first-order valence-corrected chi connectivity index (χ1v) is 14.7. The zero-order valence-electron chi connectivity index (χ0n) is 6.59. The van der Waals surface area contributed by atoms with Gasteiger partial charge in [-0.15, -0.1) is 0 Å². The molecule has 0 radical (unpaired) electrons. The van der Waals surface area contributed by atoms with Crippen LogP contribution in [0.3, 0.4) is 0 Å². The normalized spacial score (nSPS) is 15.5. The molecule has 0 spiro atoms. The van der Waals surface area contributed by atoms with Gasteiger partial charge < -0.3 is 0 Å². The molecule has 0 aromatic heterocycles. The van der Waals surface area contributed by atoms with E-state index in [4.69, 9.17) is 0 Å². The van der Waals surface area contributed by atoms with E-state index in [9.17, 15) is 5.25 Å². The molecule has 0 aliphatic rings. The molecular weight excluding hydrogens is 343 g/mol. The van der Waals surface area contributed by atoms with Gasteiger partial charge in [0.15, 0.2) is 0 Å². The summed E-state index contributed by atoms with van der Waals surface area (Å²) in [5.41, 5.74) is 0. The van der Waals surface area contributed by atoms with Crippen LogP contribution in [-0.2, 0) is 0 Å². The van der Waals surface area contributed by atoms with Crippen LogP contribution in [0.25, 0.3) is 0 Å². The SMILES string of the molecule is [CH3][Bi]([CH3])([F])([F])[c]1ccccc1. The van der Waals surface area contributed by atoms with Gasteiger partial charge in [-0.3, -0.25) is 0 Å². The maximum atomic E-state index is 13.4. The quantitative estimate of drug-likeness (QED) is 0.680. The molecule has 1 rings (SSSR count). The van der Waals surface area contributed by atoms with Gasteiger partial charge in [-0.2, -0.15) is 0 Å². The third-order valence-electron chi connectivity index (χ3n) is 1.47. The summed E-state index contributed by atoms with van der Waals surface area (Å²) in [5.74, 6) is 0. The molecule has 3 heteroatoms. The molecule has 0 atom stereocenters. The summed E-state index contributed by atoms with van der Waals surface area (Å²) in [7, 11) is 0. The average molecular weight is 354 g/mol. The summed E-state index contributed by atoms with van der Waals surface area (Å²) >= 11 is -5.37. The van der Waals surface area contributed by atoms with Gasteiger partial charge in [0.1, 0.15) is 0 Å². The summed E-state index contributed by atoms with van der Waals surface area (Å²) in [6.07, 6.45) is 0. The average Bonchev–Trinajstić information content (AvgIpc) is 1.86. The second-order valence-electron chi connectivity index (χ2n) is 3.14. The molecule has 0 heterocycles. The Morgan fingerprint density at radius 1 is 1.00 bits per heavy atom. The van der Waals surface area contributed by atoms with E-state index in [1.807, 2.05) is 0 Å². The summed E-state index contributed by atoms with van der Waals surface area (Å²) in [6.45, 7) is 0. The van der Waals surface area contributed by atoms with Crippen molar-refractivity contribution in [3.05, 3.63) is 30.3 Å². The van der Waals surface area contributed by atoms with Gasteiger partial charge in [-0.25, -0.2) is 0 Å². The van der Waals surface area contributed by atoms with Crippen LogP contribution < -0.4 is 3.27 Å². The van der Waals surface area contributed by atoms with Crippen LogP contribution >= 0.6 is 0 Å². The molecule has 0 unspecified atom stereocenters. The van der Waals surface area contributed by atoms with E-state index in [2.05, 4.69) is 0 Å². The van der Waals surface area contributed by atoms with Crippen LogP contribution in [0.4, 0.5) is 5.25 Å². The standard InChI is InChI=1S/C6H5.2CH3.Bi.2FH/c1-2-4-6-5-3-1;;;;;/h1-5H;2*1H3;;2*1H/q;;;+2;;/p-2. The predicted molar refractivity (Wildman–Crippen MR) is 45.8 cm³/mol. The Labute approximate surface area is 68.1 Å². The molecule has 0 bridgehead atoms. The Morgan fingerprint density at radius 3 is 1.73 bits per heavy atom. The zero-order valence-corrected chi connectivity index (χ0v) is 10.1. The van der Waals surface area contributed by atoms with Gasteiger partial charge >= 0.3 is 68.1 Å². The molecule has 0 aliphatic heterocycles. The van der Waals surface area contributed by atoms with Crippen LogP contribution in [0, 0.1) is 0 Å². The summed E-state index contributed by atoms with van der Waals surface area (Å²) in [5, 5.41) is 0. The molecule has 0 fully saturated rings. The van der Waals surface area contributed by atoms with Crippen molar-refractivity contribution in [2.24, 2.45) is 0 Å². The number of halogens is 2. The van der Waals surface area contributed by atoms with Gasteiger partial charge in [-0.05, 0) is 0 Å². The molecular formula is C8H11BiF2. The molecule has 0 saturated heterocycles. The third kappa shape index (κ3) is 2.48. The Hall–Kier alpha value is -0.0369. The van der Waals surface area contributed by atoms with Gasteiger partial charge in [0, 0.05) is 0 Å². The minimum atomic E-state index is -5.37. The molecule has 62 valence electrons. The first-order chi connectivity index (χ1) is 4.86. The van der Waals surface area contributed by atoms with Crippen molar-refractivity contribution in [1.29, 1.82) is 0 Å². The second kappa shape index (κ2) is 2.48. The predicted octanol–water partition coefficient (Wildman–Crippen LogP) is 2.49. The summed E-state index contributed by atoms with van der Waals surface area (Å²) < 4.78 is 29.2. The fraction of sp³-hybridized carbons (Fsp3) is 0.250. The van der Waals surface area contributed by atoms with Crippen molar-refractivity contribution < 1.29 is 5.25 Å². The minimum absolute atomic E-state index is 0.263. The van der Waals surface area contributed by atoms with Crippen LogP contribution in [0.5, 0.6) is 0 Å². The van der Waals surface area contributed by atoms with Crippen molar-refractivity contribution in [2.45, 2.75) is 9.26 Å². The molecule has 1 aromatic carbocycles. The van der Waals surface area contributed by atoms with E-state index < -0.39 is 20.0 Å². The van der Waals surface area contributed by atoms with E-state index in [1.54, 1.807) is 18.2 Å². The van der Waals surface area contributed by atoms with E-state index in [-0.39, 0.29) is 3.27 Å². The molecule has 0 saturated carbocycles. The van der Waals surface area contributed by atoms with E-state index in [1.165, 1.54) is 12.1 Å². The van der Waals surface area contributed by atoms with Crippen molar-refractivity contribution in [3.63, 3.8) is 0 Å². The van der Waals surface area contributed by atoms with Crippen LogP contribution in [-0.4, -0.2) is 20.0 Å². The van der Waals surface area contributed by atoms with E-state index >= 15 is 0 Å². The first-order valence-electron chi connectivity index (χ1n) is 3.37. The topological polar surface area (TPSA) is 0 Å². The fourth-order valence-corrected chi connectivity index (χ4v) is 4.70. The van der Waals surface area contributed by atoms with Crippen molar-refractivity contribution in [2.75, 3.05) is 0 Å². The van der Waals surface area contributed by atoms with Gasteiger partial charge in [-0.1, -0.05) is 0 Å². The summed E-state index contributed by atoms with van der Waals surface area (Å²) in [4.78, 5) is 0. The Morgan fingerprint density at radius 2 is 1.45 bits per heavy atom. The second-order valence-corrected chi connectivity index (χ2v) is 19.2. The molecule has 11 heavy (non-hydrogen) atoms. The van der Waals surface area contributed by atoms with Gasteiger partial charge in [0.25, 0.3) is 0 Å². The molecule has 0 aliphatic carbocycles. The Kier molecular flexibility index (Phi) is 2.04. The maximum absolute atomic E-state index is 13.4. The molecule has 0 nitrogen and oxygen atoms in total. The number of hydrogen-bond acceptors (Lipinski definition) is 0. The van der Waals surface area contributed by atoms with Crippen LogP contribution in [0.1, 0.15) is 0 Å². The van der Waals surface area contributed by atoms with Crippen molar-refractivity contribution in [3.8, 4) is 0 Å². The van der Waals surface area contributed by atoms with Gasteiger partial charge in [0.05, 0.1) is 0 Å². The number of benzene rings is 1. The Bertz CT molecular complexity index is 239. The van der Waals surface area contributed by atoms with Crippen LogP contribution in [0.2, 0.25) is 9.26 Å². The fourth-order valence-electron chi connectivity index (χ4n) is 0.839.